The summed E-state index contributed by atoms with van der Waals surface area (Å²) in [4.78, 5) is 11.0. The average molecular weight is 239 g/mol. The molecular weight excluding hydrogens is 222 g/mol. The number of carbonyl (C=O) groups is 1. The van der Waals surface area contributed by atoms with E-state index in [9.17, 15) is 9.90 Å². The monoisotopic (exact) mass is 239 g/mol. The van der Waals surface area contributed by atoms with E-state index in [1.165, 1.54) is 20.3 Å². The molecule has 17 heavy (non-hydrogen) atoms. The van der Waals surface area contributed by atoms with Gasteiger partial charge < -0.3 is 20.3 Å². The van der Waals surface area contributed by atoms with Gasteiger partial charge in [-0.3, -0.25) is 4.79 Å². The lowest BCUT2D eigenvalue weighted by Gasteiger charge is -2.13. The number of aromatic hydroxyl groups is 1. The van der Waals surface area contributed by atoms with Crippen LogP contribution in [-0.2, 0) is 9.53 Å². The smallest absolute Gasteiger partial charge is 0.305 e. The molecule has 1 rings (SSSR count). The van der Waals surface area contributed by atoms with Crippen molar-refractivity contribution in [1.29, 1.82) is 0 Å². The molecule has 5 heteroatoms. The third kappa shape index (κ3) is 3.64. The van der Waals surface area contributed by atoms with Gasteiger partial charge in [0.1, 0.15) is 0 Å². The number of methoxy groups -OCH3 is 2. The van der Waals surface area contributed by atoms with Gasteiger partial charge in [0.25, 0.3) is 0 Å². The number of hydrogen-bond donors (Lipinski definition) is 2. The Bertz CT molecular complexity index is 392. The van der Waals surface area contributed by atoms with Crippen LogP contribution in [-0.4, -0.2) is 25.3 Å². The second-order valence-electron chi connectivity index (χ2n) is 3.65. The molecule has 0 saturated heterocycles. The summed E-state index contributed by atoms with van der Waals surface area (Å²) >= 11 is 0. The molecule has 3 N–H and O–H groups in total. The summed E-state index contributed by atoms with van der Waals surface area (Å²) in [7, 11) is 2.82. The lowest BCUT2D eigenvalue weighted by Crippen LogP contribution is -2.13. The molecule has 1 aromatic carbocycles. The number of esters is 1. The van der Waals surface area contributed by atoms with Crippen LogP contribution in [0, 0.1) is 0 Å². The fourth-order valence-corrected chi connectivity index (χ4v) is 1.47. The fraction of sp³-hybridized carbons (Fsp3) is 0.417. The molecule has 5 nitrogen and oxygen atoms in total. The molecule has 0 amide bonds. The summed E-state index contributed by atoms with van der Waals surface area (Å²) in [5, 5.41) is 9.43. The number of ether oxygens (including phenoxy) is 2. The third-order valence-electron chi connectivity index (χ3n) is 2.52. The van der Waals surface area contributed by atoms with Crippen LogP contribution in [0.3, 0.4) is 0 Å². The molecule has 1 unspecified atom stereocenters. The van der Waals surface area contributed by atoms with Crippen molar-refractivity contribution in [3.63, 3.8) is 0 Å². The second kappa shape index (κ2) is 6.10. The molecule has 0 radical (unpaired) electrons. The van der Waals surface area contributed by atoms with E-state index in [0.29, 0.717) is 12.2 Å². The minimum Gasteiger partial charge on any atom is -0.504 e. The molecule has 1 atom stereocenters. The van der Waals surface area contributed by atoms with Crippen LogP contribution in [0.25, 0.3) is 0 Å². The molecule has 0 fully saturated rings. The Kier molecular flexibility index (Phi) is 4.78. The molecule has 0 bridgehead atoms. The predicted octanol–water partition coefficient (Wildman–Crippen LogP) is 1.35. The maximum atomic E-state index is 11.0. The van der Waals surface area contributed by atoms with Gasteiger partial charge in [-0.1, -0.05) is 6.07 Å². The van der Waals surface area contributed by atoms with Gasteiger partial charge in [0, 0.05) is 12.5 Å². The van der Waals surface area contributed by atoms with E-state index in [1.54, 1.807) is 12.1 Å². The molecule has 0 aliphatic carbocycles. The van der Waals surface area contributed by atoms with E-state index in [2.05, 4.69) is 4.74 Å². The van der Waals surface area contributed by atoms with Crippen LogP contribution in [0.5, 0.6) is 11.5 Å². The van der Waals surface area contributed by atoms with Crippen molar-refractivity contribution >= 4 is 5.97 Å². The normalized spacial score (nSPS) is 11.9. The molecule has 0 saturated carbocycles. The van der Waals surface area contributed by atoms with Gasteiger partial charge in [-0.15, -0.1) is 0 Å². The van der Waals surface area contributed by atoms with Crippen molar-refractivity contribution in [3.05, 3.63) is 23.8 Å². The van der Waals surface area contributed by atoms with Crippen molar-refractivity contribution in [1.82, 2.24) is 0 Å². The highest BCUT2D eigenvalue weighted by Crippen LogP contribution is 2.29. The van der Waals surface area contributed by atoms with E-state index in [1.807, 2.05) is 0 Å². The lowest BCUT2D eigenvalue weighted by atomic mass is 10.0. The molecule has 0 heterocycles. The number of carbonyl (C=O) groups excluding carboxylic acids is 1. The van der Waals surface area contributed by atoms with Crippen molar-refractivity contribution in [3.8, 4) is 11.5 Å². The Balaban J connectivity index is 2.68. The molecular formula is C12H17NO4. The molecule has 0 aliphatic heterocycles. The van der Waals surface area contributed by atoms with Crippen LogP contribution in [0.15, 0.2) is 18.2 Å². The Labute approximate surface area is 100 Å². The van der Waals surface area contributed by atoms with Gasteiger partial charge in [-0.2, -0.15) is 0 Å². The van der Waals surface area contributed by atoms with Crippen LogP contribution in [0.4, 0.5) is 0 Å². The van der Waals surface area contributed by atoms with E-state index in [-0.39, 0.29) is 24.2 Å². The van der Waals surface area contributed by atoms with Crippen LogP contribution < -0.4 is 10.5 Å². The lowest BCUT2D eigenvalue weighted by molar-refractivity contribution is -0.140. The minimum atomic E-state index is -0.288. The first-order valence-electron chi connectivity index (χ1n) is 5.27. The minimum absolute atomic E-state index is 0.0661. The Morgan fingerprint density at radius 1 is 1.47 bits per heavy atom. The number of rotatable bonds is 5. The topological polar surface area (TPSA) is 81.8 Å². The first kappa shape index (κ1) is 13.3. The zero-order valence-corrected chi connectivity index (χ0v) is 9.97. The zero-order valence-electron chi connectivity index (χ0n) is 9.97. The largest absolute Gasteiger partial charge is 0.504 e. The first-order chi connectivity index (χ1) is 8.08. The van der Waals surface area contributed by atoms with Crippen LogP contribution in [0.1, 0.15) is 24.4 Å². The molecule has 0 spiro atoms. The first-order valence-corrected chi connectivity index (χ1v) is 5.27. The van der Waals surface area contributed by atoms with Gasteiger partial charge in [-0.25, -0.2) is 0 Å². The predicted molar refractivity (Wildman–Crippen MR) is 62.8 cm³/mol. The Morgan fingerprint density at radius 3 is 2.76 bits per heavy atom. The molecule has 94 valence electrons. The standard InChI is InChI=1S/C12H17NO4/c1-16-11-7-8(3-5-10(11)14)9(13)4-6-12(15)17-2/h3,5,7,9,14H,4,6,13H2,1-2H3. The molecule has 0 aromatic heterocycles. The van der Waals surface area contributed by atoms with E-state index in [0.717, 1.165) is 5.56 Å². The average Bonchev–Trinajstić information content (AvgIpc) is 2.35. The van der Waals surface area contributed by atoms with E-state index >= 15 is 0 Å². The second-order valence-corrected chi connectivity index (χ2v) is 3.65. The summed E-state index contributed by atoms with van der Waals surface area (Å²) in [5.41, 5.74) is 6.74. The summed E-state index contributed by atoms with van der Waals surface area (Å²) in [6.45, 7) is 0. The van der Waals surface area contributed by atoms with E-state index < -0.39 is 0 Å². The zero-order chi connectivity index (χ0) is 12.8. The number of phenolic OH excluding ortho intramolecular Hbond substituents is 1. The summed E-state index contributed by atoms with van der Waals surface area (Å²) < 4.78 is 9.53. The number of nitrogens with two attached hydrogens (primary N) is 1. The fourth-order valence-electron chi connectivity index (χ4n) is 1.47. The molecule has 1 aromatic rings. The maximum absolute atomic E-state index is 11.0. The quantitative estimate of drug-likeness (QED) is 0.758. The van der Waals surface area contributed by atoms with Crippen LogP contribution >= 0.6 is 0 Å². The van der Waals surface area contributed by atoms with Gasteiger partial charge >= 0.3 is 5.97 Å². The van der Waals surface area contributed by atoms with E-state index in [4.69, 9.17) is 10.5 Å². The number of hydrogen-bond acceptors (Lipinski definition) is 5. The Hall–Kier alpha value is -1.75. The van der Waals surface area contributed by atoms with Crippen molar-refractivity contribution in [2.75, 3.05) is 14.2 Å². The SMILES string of the molecule is COC(=O)CCC(N)c1ccc(O)c(OC)c1. The summed E-state index contributed by atoms with van der Waals surface area (Å²) in [6, 6.07) is 4.60. The number of phenols is 1. The summed E-state index contributed by atoms with van der Waals surface area (Å²) in [5.74, 6) is 0.152. The van der Waals surface area contributed by atoms with Gasteiger partial charge in [0.15, 0.2) is 11.5 Å². The Morgan fingerprint density at radius 2 is 2.18 bits per heavy atom. The molecule has 0 aliphatic rings. The summed E-state index contributed by atoms with van der Waals surface area (Å²) in [6.07, 6.45) is 0.751. The van der Waals surface area contributed by atoms with Gasteiger partial charge in [0.05, 0.1) is 14.2 Å². The number of benzene rings is 1. The maximum Gasteiger partial charge on any atom is 0.305 e. The highest BCUT2D eigenvalue weighted by atomic mass is 16.5. The highest BCUT2D eigenvalue weighted by Gasteiger charge is 2.11. The highest BCUT2D eigenvalue weighted by molar-refractivity contribution is 5.69. The van der Waals surface area contributed by atoms with Gasteiger partial charge in [-0.05, 0) is 24.1 Å². The van der Waals surface area contributed by atoms with Crippen molar-refractivity contribution < 1.29 is 19.4 Å². The van der Waals surface area contributed by atoms with Gasteiger partial charge in [0.2, 0.25) is 0 Å². The third-order valence-corrected chi connectivity index (χ3v) is 2.52. The van der Waals surface area contributed by atoms with Crippen molar-refractivity contribution in [2.24, 2.45) is 5.73 Å². The van der Waals surface area contributed by atoms with Crippen molar-refractivity contribution in [2.45, 2.75) is 18.9 Å². The van der Waals surface area contributed by atoms with Crippen LogP contribution in [0.2, 0.25) is 0 Å².